The highest BCUT2D eigenvalue weighted by Crippen LogP contribution is 2.13. The maximum Gasteiger partial charge on any atom is 0.0949 e. The molecule has 2 heterocycles. The van der Waals surface area contributed by atoms with Gasteiger partial charge in [-0.3, -0.25) is 4.90 Å². The van der Waals surface area contributed by atoms with E-state index < -0.39 is 0 Å². The molecule has 6 nitrogen and oxygen atoms in total. The van der Waals surface area contributed by atoms with E-state index in [4.69, 9.17) is 10.8 Å². The molecule has 1 aliphatic heterocycles. The lowest BCUT2D eigenvalue weighted by Crippen LogP contribution is -2.51. The molecule has 2 rings (SSSR count). The zero-order chi connectivity index (χ0) is 13.1. The molecule has 6 heteroatoms. The number of aromatic nitrogens is 2. The molecule has 2 atom stereocenters. The minimum absolute atomic E-state index is 0.0495. The van der Waals surface area contributed by atoms with Gasteiger partial charge in [0.15, 0.2) is 0 Å². The Balaban J connectivity index is 2.06. The summed E-state index contributed by atoms with van der Waals surface area (Å²) in [5.41, 5.74) is 6.77. The molecule has 3 N–H and O–H groups in total. The molecule has 1 saturated heterocycles. The number of nitrogens with zero attached hydrogens (tertiary/aromatic N) is 4. The third-order valence-electron chi connectivity index (χ3n) is 3.71. The Kier molecular flexibility index (Phi) is 4.34. The molecule has 1 aliphatic rings. The van der Waals surface area contributed by atoms with Crippen molar-refractivity contribution < 1.29 is 5.11 Å². The lowest BCUT2D eigenvalue weighted by molar-refractivity contribution is 0.102. The molecule has 0 spiro atoms. The number of piperazine rings is 1. The van der Waals surface area contributed by atoms with Crippen molar-refractivity contribution in [2.75, 3.05) is 40.3 Å². The number of hydrogen-bond acceptors (Lipinski definition) is 5. The van der Waals surface area contributed by atoms with Crippen LogP contribution in [0.3, 0.4) is 0 Å². The predicted molar refractivity (Wildman–Crippen MR) is 70.2 cm³/mol. The van der Waals surface area contributed by atoms with E-state index in [0.717, 1.165) is 31.9 Å². The Hall–Kier alpha value is -0.950. The summed E-state index contributed by atoms with van der Waals surface area (Å²) in [6.45, 7) is 4.05. The van der Waals surface area contributed by atoms with Crippen LogP contribution in [0.4, 0.5) is 0 Å². The van der Waals surface area contributed by atoms with Gasteiger partial charge in [-0.2, -0.15) is 0 Å². The van der Waals surface area contributed by atoms with E-state index in [0.29, 0.717) is 6.04 Å². The van der Waals surface area contributed by atoms with E-state index in [1.165, 1.54) is 0 Å². The Labute approximate surface area is 108 Å². The van der Waals surface area contributed by atoms with E-state index in [2.05, 4.69) is 33.4 Å². The van der Waals surface area contributed by atoms with Crippen molar-refractivity contribution in [1.29, 1.82) is 0 Å². The number of nitrogens with two attached hydrogens (primary N) is 1. The van der Waals surface area contributed by atoms with Gasteiger partial charge in [0.1, 0.15) is 0 Å². The molecule has 18 heavy (non-hydrogen) atoms. The van der Waals surface area contributed by atoms with E-state index in [-0.39, 0.29) is 12.6 Å². The Morgan fingerprint density at radius 2 is 2.28 bits per heavy atom. The van der Waals surface area contributed by atoms with Gasteiger partial charge in [0, 0.05) is 38.4 Å². The highest BCUT2D eigenvalue weighted by atomic mass is 16.3. The molecule has 0 amide bonds. The second kappa shape index (κ2) is 5.79. The second-order valence-electron chi connectivity index (χ2n) is 5.16. The summed E-state index contributed by atoms with van der Waals surface area (Å²) in [4.78, 5) is 8.85. The van der Waals surface area contributed by atoms with Crippen molar-refractivity contribution >= 4 is 0 Å². The molecule has 0 radical (unpaired) electrons. The van der Waals surface area contributed by atoms with Crippen LogP contribution in [-0.4, -0.2) is 70.8 Å². The van der Waals surface area contributed by atoms with Gasteiger partial charge >= 0.3 is 0 Å². The lowest BCUT2D eigenvalue weighted by atomic mass is 10.1. The molecule has 2 unspecified atom stereocenters. The van der Waals surface area contributed by atoms with E-state index in [1.807, 2.05) is 0 Å². The number of hydrogen-bond donors (Lipinski definition) is 2. The topological polar surface area (TPSA) is 70.5 Å². The van der Waals surface area contributed by atoms with Gasteiger partial charge in [0.25, 0.3) is 0 Å². The zero-order valence-electron chi connectivity index (χ0n) is 11.2. The maximum atomic E-state index is 9.15. The normalized spacial score (nSPS) is 24.3. The summed E-state index contributed by atoms with van der Waals surface area (Å²) in [6, 6.07) is 0.113. The summed E-state index contributed by atoms with van der Waals surface area (Å²) in [7, 11) is 4.30. The standard InChI is InChI=1S/C12H23N5O/c1-15-3-4-16(2)10(6-15)7-17-9-14-5-12(17)11(13)8-18/h5,9-11,18H,3-4,6-8,13H2,1-2H3. The molecule has 0 saturated carbocycles. The minimum Gasteiger partial charge on any atom is -0.394 e. The van der Waals surface area contributed by atoms with Crippen molar-refractivity contribution in [2.24, 2.45) is 5.73 Å². The molecule has 1 aromatic rings. The highest BCUT2D eigenvalue weighted by molar-refractivity contribution is 5.05. The summed E-state index contributed by atoms with van der Waals surface area (Å²) in [6.07, 6.45) is 3.54. The maximum absolute atomic E-state index is 9.15. The SMILES string of the molecule is CN1CCN(C)C(Cn2cncc2C(N)CO)C1. The summed E-state index contributed by atoms with van der Waals surface area (Å²) in [5, 5.41) is 9.15. The van der Waals surface area contributed by atoms with Crippen molar-refractivity contribution in [3.05, 3.63) is 18.2 Å². The van der Waals surface area contributed by atoms with Crippen LogP contribution in [0.5, 0.6) is 0 Å². The largest absolute Gasteiger partial charge is 0.394 e. The first-order chi connectivity index (χ1) is 8.61. The van der Waals surface area contributed by atoms with Crippen LogP contribution in [-0.2, 0) is 6.54 Å². The van der Waals surface area contributed by atoms with Crippen LogP contribution < -0.4 is 5.73 Å². The van der Waals surface area contributed by atoms with Crippen LogP contribution in [0.15, 0.2) is 12.5 Å². The molecule has 1 aromatic heterocycles. The predicted octanol–water partition coefficient (Wildman–Crippen LogP) is -0.879. The average molecular weight is 253 g/mol. The lowest BCUT2D eigenvalue weighted by Gasteiger charge is -2.38. The third-order valence-corrected chi connectivity index (χ3v) is 3.71. The van der Waals surface area contributed by atoms with Gasteiger partial charge in [-0.05, 0) is 14.1 Å². The Bertz CT molecular complexity index is 380. The third kappa shape index (κ3) is 2.89. The Morgan fingerprint density at radius 1 is 1.50 bits per heavy atom. The number of likely N-dealkylation sites (N-methyl/N-ethyl adjacent to an activating group) is 2. The number of aliphatic hydroxyl groups excluding tert-OH is 1. The van der Waals surface area contributed by atoms with Gasteiger partial charge in [0.2, 0.25) is 0 Å². The first kappa shape index (κ1) is 13.5. The highest BCUT2D eigenvalue weighted by Gasteiger charge is 2.23. The quantitative estimate of drug-likeness (QED) is 0.729. The van der Waals surface area contributed by atoms with Crippen LogP contribution >= 0.6 is 0 Å². The molecule has 1 fully saturated rings. The summed E-state index contributed by atoms with van der Waals surface area (Å²) >= 11 is 0. The fourth-order valence-electron chi connectivity index (χ4n) is 2.41. The van der Waals surface area contributed by atoms with Gasteiger partial charge in [-0.1, -0.05) is 0 Å². The molecule has 0 aromatic carbocycles. The van der Waals surface area contributed by atoms with E-state index >= 15 is 0 Å². The Morgan fingerprint density at radius 3 is 3.00 bits per heavy atom. The molecular formula is C12H23N5O. The number of aliphatic hydroxyl groups is 1. The van der Waals surface area contributed by atoms with Crippen molar-refractivity contribution in [3.8, 4) is 0 Å². The number of rotatable bonds is 4. The summed E-state index contributed by atoms with van der Waals surface area (Å²) in [5.74, 6) is 0. The smallest absolute Gasteiger partial charge is 0.0949 e. The van der Waals surface area contributed by atoms with Gasteiger partial charge in [-0.25, -0.2) is 4.98 Å². The van der Waals surface area contributed by atoms with Crippen LogP contribution in [0.1, 0.15) is 11.7 Å². The van der Waals surface area contributed by atoms with Crippen molar-refractivity contribution in [1.82, 2.24) is 19.4 Å². The average Bonchev–Trinajstić information content (AvgIpc) is 2.81. The zero-order valence-corrected chi connectivity index (χ0v) is 11.2. The first-order valence-electron chi connectivity index (χ1n) is 6.37. The van der Waals surface area contributed by atoms with Gasteiger partial charge < -0.3 is 20.3 Å². The van der Waals surface area contributed by atoms with E-state index in [1.54, 1.807) is 12.5 Å². The second-order valence-corrected chi connectivity index (χ2v) is 5.16. The van der Waals surface area contributed by atoms with Crippen LogP contribution in [0, 0.1) is 0 Å². The molecular weight excluding hydrogens is 230 g/mol. The summed E-state index contributed by atoms with van der Waals surface area (Å²) < 4.78 is 2.06. The minimum atomic E-state index is -0.348. The monoisotopic (exact) mass is 253 g/mol. The van der Waals surface area contributed by atoms with Crippen molar-refractivity contribution in [3.63, 3.8) is 0 Å². The molecule has 0 aliphatic carbocycles. The van der Waals surface area contributed by atoms with Crippen LogP contribution in [0.2, 0.25) is 0 Å². The first-order valence-corrected chi connectivity index (χ1v) is 6.37. The molecule has 0 bridgehead atoms. The number of imidazole rings is 1. The van der Waals surface area contributed by atoms with Crippen LogP contribution in [0.25, 0.3) is 0 Å². The van der Waals surface area contributed by atoms with Gasteiger partial charge in [-0.15, -0.1) is 0 Å². The molecule has 102 valence electrons. The van der Waals surface area contributed by atoms with E-state index in [9.17, 15) is 0 Å². The van der Waals surface area contributed by atoms with Crippen molar-refractivity contribution in [2.45, 2.75) is 18.6 Å². The van der Waals surface area contributed by atoms with Gasteiger partial charge in [0.05, 0.1) is 24.7 Å². The fourth-order valence-corrected chi connectivity index (χ4v) is 2.41. The fraction of sp³-hybridized carbons (Fsp3) is 0.750.